The Bertz CT molecular complexity index is 1140. The number of phenols is 4. The fraction of sp³-hybridized carbons (Fsp3) is 0.0455. The van der Waals surface area contributed by atoms with Crippen molar-refractivity contribution in [3.05, 3.63) is 66.2 Å². The summed E-state index contributed by atoms with van der Waals surface area (Å²) in [5.41, 5.74) is 2.42. The molecule has 0 spiro atoms. The van der Waals surface area contributed by atoms with Crippen molar-refractivity contribution in [2.24, 2.45) is 0 Å². The molecule has 7 nitrogen and oxygen atoms in total. The monoisotopic (exact) mass is 387 g/mol. The Morgan fingerprint density at radius 2 is 1.00 bits per heavy atom. The van der Waals surface area contributed by atoms with Crippen molar-refractivity contribution in [1.82, 2.24) is 15.0 Å². The number of aromatic hydroxyl groups is 4. The minimum Gasteiger partial charge on any atom is -0.508 e. The average molecular weight is 387 g/mol. The quantitative estimate of drug-likeness (QED) is 0.419. The summed E-state index contributed by atoms with van der Waals surface area (Å²) in [7, 11) is 0. The predicted molar refractivity (Wildman–Crippen MR) is 108 cm³/mol. The first kappa shape index (κ1) is 18.2. The Balaban J connectivity index is 1.95. The first-order valence-electron chi connectivity index (χ1n) is 8.78. The van der Waals surface area contributed by atoms with Gasteiger partial charge in [-0.05, 0) is 31.2 Å². The maximum atomic E-state index is 10.3. The van der Waals surface area contributed by atoms with Gasteiger partial charge in [-0.1, -0.05) is 29.8 Å². The molecule has 29 heavy (non-hydrogen) atoms. The molecule has 0 saturated carbocycles. The molecule has 0 fully saturated rings. The molecule has 4 aromatic rings. The molecular formula is C22H17N3O4. The molecule has 0 aliphatic heterocycles. The molecule has 7 heteroatoms. The van der Waals surface area contributed by atoms with Crippen LogP contribution < -0.4 is 0 Å². The minimum absolute atomic E-state index is 0.0875. The first-order valence-corrected chi connectivity index (χ1v) is 8.78. The van der Waals surface area contributed by atoms with Gasteiger partial charge in [0, 0.05) is 17.7 Å². The lowest BCUT2D eigenvalue weighted by atomic mass is 10.1. The summed E-state index contributed by atoms with van der Waals surface area (Å²) in [5.74, 6) is 0.154. The van der Waals surface area contributed by atoms with Crippen LogP contribution in [0.4, 0.5) is 0 Å². The molecule has 0 radical (unpaired) electrons. The smallest absolute Gasteiger partial charge is 0.167 e. The topological polar surface area (TPSA) is 120 Å². The highest BCUT2D eigenvalue weighted by Gasteiger charge is 2.17. The molecule has 0 atom stereocenters. The van der Waals surface area contributed by atoms with Crippen molar-refractivity contribution < 1.29 is 20.4 Å². The first-order chi connectivity index (χ1) is 13.9. The second-order valence-corrected chi connectivity index (χ2v) is 6.58. The van der Waals surface area contributed by atoms with Crippen molar-refractivity contribution in [1.29, 1.82) is 0 Å². The molecule has 0 saturated heterocycles. The van der Waals surface area contributed by atoms with Gasteiger partial charge in [0.1, 0.15) is 23.0 Å². The van der Waals surface area contributed by atoms with Crippen molar-refractivity contribution in [2.75, 3.05) is 0 Å². The maximum absolute atomic E-state index is 10.3. The molecule has 144 valence electrons. The Morgan fingerprint density at radius 3 is 1.45 bits per heavy atom. The number of nitrogens with zero attached hydrogens (tertiary/aromatic N) is 3. The number of rotatable bonds is 3. The van der Waals surface area contributed by atoms with E-state index in [0.29, 0.717) is 17.0 Å². The fourth-order valence-corrected chi connectivity index (χ4v) is 2.87. The van der Waals surface area contributed by atoms with Gasteiger partial charge in [0.15, 0.2) is 17.5 Å². The molecule has 3 aromatic carbocycles. The third kappa shape index (κ3) is 3.66. The standard InChI is InChI=1S/C22H17N3O4/c1-12-2-4-13(5-3-12)20-23-21(16-8-6-14(26)10-18(16)28)25-22(24-20)17-9-7-15(27)11-19(17)29/h2-11,26-29H,1H3. The highest BCUT2D eigenvalue weighted by atomic mass is 16.3. The van der Waals surface area contributed by atoms with E-state index >= 15 is 0 Å². The largest absolute Gasteiger partial charge is 0.508 e. The van der Waals surface area contributed by atoms with Crippen molar-refractivity contribution in [3.63, 3.8) is 0 Å². The summed E-state index contributed by atoms with van der Waals surface area (Å²) >= 11 is 0. The van der Waals surface area contributed by atoms with E-state index < -0.39 is 0 Å². The van der Waals surface area contributed by atoms with Gasteiger partial charge in [0.2, 0.25) is 0 Å². The van der Waals surface area contributed by atoms with Gasteiger partial charge in [-0.25, -0.2) is 15.0 Å². The lowest BCUT2D eigenvalue weighted by Gasteiger charge is -2.10. The van der Waals surface area contributed by atoms with Gasteiger partial charge in [0.25, 0.3) is 0 Å². The molecule has 0 aliphatic carbocycles. The Kier molecular flexibility index (Phi) is 4.48. The van der Waals surface area contributed by atoms with E-state index in [1.807, 2.05) is 31.2 Å². The molecular weight excluding hydrogens is 370 g/mol. The highest BCUT2D eigenvalue weighted by molar-refractivity contribution is 5.72. The van der Waals surface area contributed by atoms with Gasteiger partial charge in [-0.15, -0.1) is 0 Å². The average Bonchev–Trinajstić information content (AvgIpc) is 2.68. The van der Waals surface area contributed by atoms with E-state index in [2.05, 4.69) is 15.0 Å². The molecule has 0 amide bonds. The zero-order chi connectivity index (χ0) is 20.5. The van der Waals surface area contributed by atoms with Gasteiger partial charge in [-0.2, -0.15) is 0 Å². The second-order valence-electron chi connectivity index (χ2n) is 6.58. The fourth-order valence-electron chi connectivity index (χ4n) is 2.87. The number of aryl methyl sites for hydroxylation is 1. The summed E-state index contributed by atoms with van der Waals surface area (Å²) in [5, 5.41) is 39.6. The lowest BCUT2D eigenvalue weighted by molar-refractivity contribution is 0.451. The van der Waals surface area contributed by atoms with E-state index in [-0.39, 0.29) is 34.6 Å². The van der Waals surface area contributed by atoms with Crippen LogP contribution in [0.1, 0.15) is 5.56 Å². The summed E-state index contributed by atoms with van der Waals surface area (Å²) < 4.78 is 0. The Hall–Kier alpha value is -4.13. The number of aromatic nitrogens is 3. The second kappa shape index (κ2) is 7.12. The predicted octanol–water partition coefficient (Wildman–Crippen LogP) is 4.00. The van der Waals surface area contributed by atoms with Gasteiger partial charge < -0.3 is 20.4 Å². The van der Waals surface area contributed by atoms with Crippen LogP contribution in [0.5, 0.6) is 23.0 Å². The lowest BCUT2D eigenvalue weighted by Crippen LogP contribution is -2.00. The third-order valence-corrected chi connectivity index (χ3v) is 4.39. The number of benzene rings is 3. The van der Waals surface area contributed by atoms with Crippen molar-refractivity contribution in [3.8, 4) is 57.2 Å². The summed E-state index contributed by atoms with van der Waals surface area (Å²) in [6.07, 6.45) is 0. The van der Waals surface area contributed by atoms with Gasteiger partial charge >= 0.3 is 0 Å². The van der Waals surface area contributed by atoms with Crippen LogP contribution in [-0.4, -0.2) is 35.4 Å². The zero-order valence-electron chi connectivity index (χ0n) is 15.4. The van der Waals surface area contributed by atoms with E-state index in [1.165, 1.54) is 36.4 Å². The van der Waals surface area contributed by atoms with Crippen LogP contribution in [0.2, 0.25) is 0 Å². The third-order valence-electron chi connectivity index (χ3n) is 4.39. The molecule has 0 unspecified atom stereocenters. The van der Waals surface area contributed by atoms with Crippen LogP contribution in [0.15, 0.2) is 60.7 Å². The van der Waals surface area contributed by atoms with Crippen LogP contribution in [0.25, 0.3) is 34.2 Å². The van der Waals surface area contributed by atoms with Crippen LogP contribution in [0, 0.1) is 6.92 Å². The van der Waals surface area contributed by atoms with Crippen molar-refractivity contribution >= 4 is 0 Å². The molecule has 4 N–H and O–H groups in total. The summed E-state index contributed by atoms with van der Waals surface area (Å²) in [6.45, 7) is 1.97. The van der Waals surface area contributed by atoms with Gasteiger partial charge in [-0.3, -0.25) is 0 Å². The zero-order valence-corrected chi connectivity index (χ0v) is 15.4. The summed E-state index contributed by atoms with van der Waals surface area (Å²) in [6, 6.07) is 15.8. The normalized spacial score (nSPS) is 10.8. The minimum atomic E-state index is -0.188. The van der Waals surface area contributed by atoms with Crippen molar-refractivity contribution in [2.45, 2.75) is 6.92 Å². The molecule has 1 heterocycles. The number of phenolic OH excluding ortho intramolecular Hbond substituents is 4. The molecule has 0 aliphatic rings. The van der Waals surface area contributed by atoms with Gasteiger partial charge in [0.05, 0.1) is 11.1 Å². The Labute approximate surface area is 166 Å². The van der Waals surface area contributed by atoms with E-state index in [9.17, 15) is 20.4 Å². The van der Waals surface area contributed by atoms with Crippen LogP contribution >= 0.6 is 0 Å². The number of hydrogen-bond acceptors (Lipinski definition) is 7. The molecule has 1 aromatic heterocycles. The highest BCUT2D eigenvalue weighted by Crippen LogP contribution is 2.35. The summed E-state index contributed by atoms with van der Waals surface area (Å²) in [4.78, 5) is 13.3. The Morgan fingerprint density at radius 1 is 0.552 bits per heavy atom. The van der Waals surface area contributed by atoms with E-state index in [0.717, 1.165) is 11.1 Å². The van der Waals surface area contributed by atoms with Crippen LogP contribution in [-0.2, 0) is 0 Å². The van der Waals surface area contributed by atoms with E-state index in [4.69, 9.17) is 0 Å². The number of hydrogen-bond donors (Lipinski definition) is 4. The molecule has 4 rings (SSSR count). The maximum Gasteiger partial charge on any atom is 0.167 e. The van der Waals surface area contributed by atoms with Crippen LogP contribution in [0.3, 0.4) is 0 Å². The SMILES string of the molecule is Cc1ccc(-c2nc(-c3ccc(O)cc3O)nc(-c3ccc(O)cc3O)n2)cc1. The van der Waals surface area contributed by atoms with E-state index in [1.54, 1.807) is 0 Å². The molecule has 0 bridgehead atoms.